The molecule has 2 rings (SSSR count). The van der Waals surface area contributed by atoms with Crippen LogP contribution < -0.4 is 10.6 Å². The molecule has 16 heavy (non-hydrogen) atoms. The summed E-state index contributed by atoms with van der Waals surface area (Å²) < 4.78 is 13.2. The van der Waals surface area contributed by atoms with Crippen LogP contribution in [0.25, 0.3) is 0 Å². The minimum atomic E-state index is -0.171. The molecule has 0 amide bonds. The van der Waals surface area contributed by atoms with Crippen LogP contribution in [0.4, 0.5) is 10.1 Å². The maximum atomic E-state index is 13.2. The Labute approximate surface area is 100 Å². The first-order valence-electron chi connectivity index (χ1n) is 5.52. The van der Waals surface area contributed by atoms with E-state index in [4.69, 9.17) is 5.73 Å². The lowest BCUT2D eigenvalue weighted by Crippen LogP contribution is -2.41. The van der Waals surface area contributed by atoms with Gasteiger partial charge in [-0.05, 0) is 38.1 Å². The number of anilines is 1. The summed E-state index contributed by atoms with van der Waals surface area (Å²) in [5, 5.41) is 0.493. The average molecular weight is 240 g/mol. The monoisotopic (exact) mass is 240 g/mol. The van der Waals surface area contributed by atoms with Gasteiger partial charge in [0.05, 0.1) is 5.69 Å². The van der Waals surface area contributed by atoms with Crippen LogP contribution in [0, 0.1) is 5.82 Å². The number of rotatable bonds is 2. The van der Waals surface area contributed by atoms with Crippen LogP contribution in [0.1, 0.15) is 13.3 Å². The molecule has 0 fully saturated rings. The molecule has 1 aromatic rings. The van der Waals surface area contributed by atoms with Gasteiger partial charge in [-0.25, -0.2) is 4.39 Å². The lowest BCUT2D eigenvalue weighted by atomic mass is 10.1. The molecule has 2 N–H and O–H groups in total. The number of nitrogens with two attached hydrogens (primary N) is 1. The van der Waals surface area contributed by atoms with Crippen molar-refractivity contribution in [2.45, 2.75) is 29.5 Å². The Balaban J connectivity index is 2.32. The van der Waals surface area contributed by atoms with E-state index in [2.05, 4.69) is 11.8 Å². The molecule has 0 radical (unpaired) electrons. The third kappa shape index (κ3) is 2.04. The molecule has 0 saturated carbocycles. The summed E-state index contributed by atoms with van der Waals surface area (Å²) in [6.45, 7) is 2.87. The molecular weight excluding hydrogens is 223 g/mol. The standard InChI is InChI=1S/C12H17FN2S/c1-8-11(5-6-14)16-12-4-3-9(13)7-10(12)15(8)2/h3-4,7-8,11H,5-6,14H2,1-2H3. The maximum absolute atomic E-state index is 13.2. The zero-order valence-electron chi connectivity index (χ0n) is 9.61. The van der Waals surface area contributed by atoms with Crippen molar-refractivity contribution in [1.29, 1.82) is 0 Å². The fraction of sp³-hybridized carbons (Fsp3) is 0.500. The fourth-order valence-electron chi connectivity index (χ4n) is 2.06. The van der Waals surface area contributed by atoms with E-state index < -0.39 is 0 Å². The molecule has 0 aliphatic carbocycles. The third-order valence-corrected chi connectivity index (χ3v) is 4.71. The van der Waals surface area contributed by atoms with E-state index in [9.17, 15) is 4.39 Å². The molecule has 1 aliphatic rings. The number of halogens is 1. The molecule has 88 valence electrons. The van der Waals surface area contributed by atoms with Crippen LogP contribution in [0.3, 0.4) is 0 Å². The van der Waals surface area contributed by atoms with Gasteiger partial charge in [-0.2, -0.15) is 0 Å². The Bertz CT molecular complexity index is 383. The SMILES string of the molecule is CC1C(CCN)Sc2ccc(F)cc2N1C. The number of thioether (sulfide) groups is 1. The highest BCUT2D eigenvalue weighted by Crippen LogP contribution is 2.42. The minimum Gasteiger partial charge on any atom is -0.370 e. The lowest BCUT2D eigenvalue weighted by Gasteiger charge is -2.39. The van der Waals surface area contributed by atoms with Crippen LogP contribution in [-0.2, 0) is 0 Å². The number of nitrogens with zero attached hydrogens (tertiary/aromatic N) is 1. The first kappa shape index (κ1) is 11.7. The van der Waals surface area contributed by atoms with Gasteiger partial charge in [0, 0.05) is 23.2 Å². The molecule has 0 aromatic heterocycles. The minimum absolute atomic E-state index is 0.171. The maximum Gasteiger partial charge on any atom is 0.125 e. The summed E-state index contributed by atoms with van der Waals surface area (Å²) in [4.78, 5) is 3.30. The predicted octanol–water partition coefficient (Wildman–Crippen LogP) is 2.47. The topological polar surface area (TPSA) is 29.3 Å². The van der Waals surface area contributed by atoms with E-state index >= 15 is 0 Å². The first-order chi connectivity index (χ1) is 7.63. The second kappa shape index (κ2) is 4.63. The normalized spacial score (nSPS) is 24.4. The van der Waals surface area contributed by atoms with Gasteiger partial charge in [0.1, 0.15) is 5.82 Å². The summed E-state index contributed by atoms with van der Waals surface area (Å²) in [6, 6.07) is 5.39. The summed E-state index contributed by atoms with van der Waals surface area (Å²) in [5.41, 5.74) is 6.61. The van der Waals surface area contributed by atoms with E-state index in [1.165, 1.54) is 6.07 Å². The van der Waals surface area contributed by atoms with Crippen molar-refractivity contribution in [3.8, 4) is 0 Å². The molecular formula is C12H17FN2S. The molecule has 1 aliphatic heterocycles. The summed E-state index contributed by atoms with van der Waals surface area (Å²) >= 11 is 1.81. The molecule has 0 bridgehead atoms. The molecule has 2 atom stereocenters. The quantitative estimate of drug-likeness (QED) is 0.861. The molecule has 0 spiro atoms. The Morgan fingerprint density at radius 2 is 2.25 bits per heavy atom. The van der Waals surface area contributed by atoms with Gasteiger partial charge >= 0.3 is 0 Å². The van der Waals surface area contributed by atoms with Gasteiger partial charge in [0.15, 0.2) is 0 Å². The van der Waals surface area contributed by atoms with E-state index in [0.29, 0.717) is 17.8 Å². The fourth-order valence-corrected chi connectivity index (χ4v) is 3.49. The Kier molecular flexibility index (Phi) is 3.40. The van der Waals surface area contributed by atoms with Gasteiger partial charge in [0.25, 0.3) is 0 Å². The van der Waals surface area contributed by atoms with Gasteiger partial charge in [-0.3, -0.25) is 0 Å². The summed E-state index contributed by atoms with van der Waals surface area (Å²) in [6.07, 6.45) is 0.993. The van der Waals surface area contributed by atoms with E-state index in [1.807, 2.05) is 24.9 Å². The van der Waals surface area contributed by atoms with E-state index in [1.54, 1.807) is 6.07 Å². The molecule has 2 nitrogen and oxygen atoms in total. The highest BCUT2D eigenvalue weighted by atomic mass is 32.2. The second-order valence-corrected chi connectivity index (χ2v) is 5.48. The summed E-state index contributed by atoms with van der Waals surface area (Å²) in [7, 11) is 2.02. The predicted molar refractivity (Wildman–Crippen MR) is 67.6 cm³/mol. The molecule has 0 saturated heterocycles. The number of hydrogen-bond acceptors (Lipinski definition) is 3. The van der Waals surface area contributed by atoms with Crippen molar-refractivity contribution < 1.29 is 4.39 Å². The van der Waals surface area contributed by atoms with Gasteiger partial charge in [-0.1, -0.05) is 0 Å². The molecule has 1 heterocycles. The van der Waals surface area contributed by atoms with E-state index in [-0.39, 0.29) is 5.82 Å². The average Bonchev–Trinajstić information content (AvgIpc) is 2.27. The number of fused-ring (bicyclic) bond motifs is 1. The van der Waals surface area contributed by atoms with Crippen LogP contribution in [0.5, 0.6) is 0 Å². The van der Waals surface area contributed by atoms with Crippen molar-refractivity contribution >= 4 is 17.4 Å². The van der Waals surface area contributed by atoms with Crippen LogP contribution >= 0.6 is 11.8 Å². The van der Waals surface area contributed by atoms with Crippen molar-refractivity contribution in [3.63, 3.8) is 0 Å². The van der Waals surface area contributed by atoms with Gasteiger partial charge in [0.2, 0.25) is 0 Å². The Morgan fingerprint density at radius 1 is 1.50 bits per heavy atom. The second-order valence-electron chi connectivity index (χ2n) is 4.20. The van der Waals surface area contributed by atoms with Gasteiger partial charge in [-0.15, -0.1) is 11.8 Å². The van der Waals surface area contributed by atoms with E-state index in [0.717, 1.165) is 17.0 Å². The van der Waals surface area contributed by atoms with Crippen LogP contribution in [-0.4, -0.2) is 24.9 Å². The highest BCUT2D eigenvalue weighted by molar-refractivity contribution is 8.00. The Morgan fingerprint density at radius 3 is 2.94 bits per heavy atom. The first-order valence-corrected chi connectivity index (χ1v) is 6.40. The third-order valence-electron chi connectivity index (χ3n) is 3.18. The molecule has 2 unspecified atom stereocenters. The highest BCUT2D eigenvalue weighted by Gasteiger charge is 2.29. The number of hydrogen-bond donors (Lipinski definition) is 1. The Hall–Kier alpha value is -0.740. The van der Waals surface area contributed by atoms with Crippen molar-refractivity contribution in [2.75, 3.05) is 18.5 Å². The largest absolute Gasteiger partial charge is 0.370 e. The zero-order valence-corrected chi connectivity index (χ0v) is 10.4. The summed E-state index contributed by atoms with van der Waals surface area (Å²) in [5.74, 6) is -0.171. The van der Waals surface area contributed by atoms with Crippen molar-refractivity contribution in [1.82, 2.24) is 0 Å². The lowest BCUT2D eigenvalue weighted by molar-refractivity contribution is 0.594. The van der Waals surface area contributed by atoms with Gasteiger partial charge < -0.3 is 10.6 Å². The van der Waals surface area contributed by atoms with Crippen molar-refractivity contribution in [3.05, 3.63) is 24.0 Å². The molecule has 1 aromatic carbocycles. The molecule has 4 heteroatoms. The van der Waals surface area contributed by atoms with Crippen molar-refractivity contribution in [2.24, 2.45) is 5.73 Å². The van der Waals surface area contributed by atoms with Crippen LogP contribution in [0.2, 0.25) is 0 Å². The smallest absolute Gasteiger partial charge is 0.125 e. The van der Waals surface area contributed by atoms with Crippen LogP contribution in [0.15, 0.2) is 23.1 Å². The number of benzene rings is 1. The zero-order chi connectivity index (χ0) is 11.7.